The van der Waals surface area contributed by atoms with E-state index in [2.05, 4.69) is 61.3 Å². The molecule has 5 nitrogen and oxygen atoms in total. The molecule has 3 aromatic carbocycles. The van der Waals surface area contributed by atoms with Gasteiger partial charge >= 0.3 is 0 Å². The maximum absolute atomic E-state index is 6.50. The van der Waals surface area contributed by atoms with Crippen molar-refractivity contribution in [1.82, 2.24) is 5.01 Å². The quantitative estimate of drug-likeness (QED) is 0.495. The molecule has 5 heteroatoms. The van der Waals surface area contributed by atoms with E-state index < -0.39 is 0 Å². The Morgan fingerprint density at radius 3 is 2.25 bits per heavy atom. The standard InChI is InChI=1S/C27H28N2O3/c1-17(2)18-5-7-20(8-6-18)27-29-25(23-15-22(31-4)13-14-26(23)32-27)16-24(28-29)19-9-11-21(30-3)12-10-19/h5-15,17,25,27H,16H2,1-4H3. The number of benzene rings is 3. The van der Waals surface area contributed by atoms with Gasteiger partial charge in [-0.2, -0.15) is 5.10 Å². The highest BCUT2D eigenvalue weighted by Crippen LogP contribution is 2.48. The van der Waals surface area contributed by atoms with Crippen LogP contribution in [0.2, 0.25) is 0 Å². The van der Waals surface area contributed by atoms with Gasteiger partial charge in [0.2, 0.25) is 6.23 Å². The number of hydrazone groups is 1. The molecule has 164 valence electrons. The molecule has 0 saturated heterocycles. The predicted molar refractivity (Wildman–Crippen MR) is 126 cm³/mol. The Bertz CT molecular complexity index is 1140. The van der Waals surface area contributed by atoms with Crippen LogP contribution in [0.25, 0.3) is 0 Å². The molecule has 0 saturated carbocycles. The molecule has 2 heterocycles. The number of methoxy groups -OCH3 is 2. The van der Waals surface area contributed by atoms with Gasteiger partial charge in [-0.1, -0.05) is 38.1 Å². The van der Waals surface area contributed by atoms with Crippen LogP contribution >= 0.6 is 0 Å². The lowest BCUT2D eigenvalue weighted by atomic mass is 9.95. The topological polar surface area (TPSA) is 43.3 Å². The molecule has 5 rings (SSSR count). The van der Waals surface area contributed by atoms with E-state index in [9.17, 15) is 0 Å². The first-order chi connectivity index (χ1) is 15.6. The van der Waals surface area contributed by atoms with Crippen molar-refractivity contribution >= 4 is 5.71 Å². The lowest BCUT2D eigenvalue weighted by molar-refractivity contribution is -0.0191. The van der Waals surface area contributed by atoms with Gasteiger partial charge in [0.15, 0.2) is 0 Å². The van der Waals surface area contributed by atoms with Crippen LogP contribution in [0.4, 0.5) is 0 Å². The molecule has 0 fully saturated rings. The largest absolute Gasteiger partial charge is 0.497 e. The third-order valence-electron chi connectivity index (χ3n) is 6.31. The zero-order valence-corrected chi connectivity index (χ0v) is 18.9. The second-order valence-corrected chi connectivity index (χ2v) is 8.57. The van der Waals surface area contributed by atoms with Crippen LogP contribution in [0.5, 0.6) is 17.2 Å². The Hall–Kier alpha value is -3.47. The summed E-state index contributed by atoms with van der Waals surface area (Å²) in [6.45, 7) is 4.41. The first kappa shape index (κ1) is 20.4. The molecular formula is C27H28N2O3. The molecule has 0 bridgehead atoms. The van der Waals surface area contributed by atoms with Crippen molar-refractivity contribution in [1.29, 1.82) is 0 Å². The maximum atomic E-state index is 6.50. The summed E-state index contributed by atoms with van der Waals surface area (Å²) in [6, 6.07) is 22.9. The third-order valence-corrected chi connectivity index (χ3v) is 6.31. The Morgan fingerprint density at radius 2 is 1.59 bits per heavy atom. The van der Waals surface area contributed by atoms with Crippen molar-refractivity contribution in [3.63, 3.8) is 0 Å². The minimum absolute atomic E-state index is 0.0840. The van der Waals surface area contributed by atoms with Crippen molar-refractivity contribution in [3.8, 4) is 17.2 Å². The van der Waals surface area contributed by atoms with Crippen molar-refractivity contribution < 1.29 is 14.2 Å². The normalized spacial score (nSPS) is 19.2. The van der Waals surface area contributed by atoms with E-state index in [-0.39, 0.29) is 12.3 Å². The van der Waals surface area contributed by atoms with E-state index in [0.29, 0.717) is 5.92 Å². The average Bonchev–Trinajstić information content (AvgIpc) is 3.29. The molecule has 32 heavy (non-hydrogen) atoms. The van der Waals surface area contributed by atoms with Crippen molar-refractivity contribution in [3.05, 3.63) is 89.0 Å². The van der Waals surface area contributed by atoms with Gasteiger partial charge in [0.05, 0.1) is 26.0 Å². The van der Waals surface area contributed by atoms with Gasteiger partial charge in [0.25, 0.3) is 0 Å². The minimum atomic E-state index is -0.280. The zero-order valence-electron chi connectivity index (χ0n) is 18.9. The SMILES string of the molecule is COc1ccc(C2=NN3C(C2)c2cc(OC)ccc2OC3c2ccc(C(C)C)cc2)cc1. The van der Waals surface area contributed by atoms with Crippen LogP contribution in [-0.2, 0) is 0 Å². The lowest BCUT2D eigenvalue weighted by Gasteiger charge is -2.38. The van der Waals surface area contributed by atoms with Crippen molar-refractivity contribution in [2.24, 2.45) is 5.10 Å². The summed E-state index contributed by atoms with van der Waals surface area (Å²) in [5, 5.41) is 7.15. The Balaban J connectivity index is 1.55. The van der Waals surface area contributed by atoms with Crippen LogP contribution in [0, 0.1) is 0 Å². The van der Waals surface area contributed by atoms with Gasteiger partial charge in [0.1, 0.15) is 17.2 Å². The number of ether oxygens (including phenoxy) is 3. The Labute approximate surface area is 189 Å². The van der Waals surface area contributed by atoms with Gasteiger partial charge in [-0.3, -0.25) is 0 Å². The molecule has 0 radical (unpaired) electrons. The second kappa shape index (κ2) is 8.23. The van der Waals surface area contributed by atoms with Gasteiger partial charge < -0.3 is 14.2 Å². The highest BCUT2D eigenvalue weighted by molar-refractivity contribution is 6.02. The Morgan fingerprint density at radius 1 is 0.906 bits per heavy atom. The van der Waals surface area contributed by atoms with E-state index >= 15 is 0 Å². The molecule has 2 aliphatic rings. The molecule has 0 amide bonds. The fourth-order valence-electron chi connectivity index (χ4n) is 4.42. The van der Waals surface area contributed by atoms with Crippen molar-refractivity contribution in [2.75, 3.05) is 14.2 Å². The molecule has 0 spiro atoms. The van der Waals surface area contributed by atoms with Crippen LogP contribution < -0.4 is 14.2 Å². The van der Waals surface area contributed by atoms with Gasteiger partial charge in [-0.25, -0.2) is 5.01 Å². The molecule has 0 aliphatic carbocycles. The van der Waals surface area contributed by atoms with Crippen LogP contribution in [0.1, 0.15) is 60.7 Å². The zero-order chi connectivity index (χ0) is 22.2. The van der Waals surface area contributed by atoms with E-state index in [1.807, 2.05) is 24.3 Å². The lowest BCUT2D eigenvalue weighted by Crippen LogP contribution is -2.33. The van der Waals surface area contributed by atoms with Gasteiger partial charge in [-0.05, 0) is 59.5 Å². The minimum Gasteiger partial charge on any atom is -0.497 e. The molecule has 3 aromatic rings. The first-order valence-corrected chi connectivity index (χ1v) is 11.0. The van der Waals surface area contributed by atoms with Crippen LogP contribution in [0.15, 0.2) is 71.8 Å². The van der Waals surface area contributed by atoms with Crippen LogP contribution in [-0.4, -0.2) is 24.9 Å². The molecule has 2 atom stereocenters. The van der Waals surface area contributed by atoms with E-state index in [1.54, 1.807) is 14.2 Å². The third kappa shape index (κ3) is 3.58. The Kier molecular flexibility index (Phi) is 5.25. The van der Waals surface area contributed by atoms with Gasteiger partial charge in [-0.15, -0.1) is 0 Å². The molecule has 0 N–H and O–H groups in total. The number of nitrogens with zero attached hydrogens (tertiary/aromatic N) is 2. The highest BCUT2D eigenvalue weighted by atomic mass is 16.5. The highest BCUT2D eigenvalue weighted by Gasteiger charge is 2.41. The van der Waals surface area contributed by atoms with Crippen molar-refractivity contribution in [2.45, 2.75) is 38.5 Å². The average molecular weight is 429 g/mol. The summed E-state index contributed by atoms with van der Waals surface area (Å²) in [6.07, 6.45) is 0.522. The smallest absolute Gasteiger partial charge is 0.213 e. The summed E-state index contributed by atoms with van der Waals surface area (Å²) in [5.41, 5.74) is 5.65. The summed E-state index contributed by atoms with van der Waals surface area (Å²) in [5.74, 6) is 3.04. The monoisotopic (exact) mass is 428 g/mol. The predicted octanol–water partition coefficient (Wildman–Crippen LogP) is 6.07. The molecule has 2 aliphatic heterocycles. The fraction of sp³-hybridized carbons (Fsp3) is 0.296. The second-order valence-electron chi connectivity index (χ2n) is 8.57. The van der Waals surface area contributed by atoms with E-state index in [0.717, 1.165) is 46.1 Å². The molecule has 2 unspecified atom stereocenters. The van der Waals surface area contributed by atoms with E-state index in [1.165, 1.54) is 5.56 Å². The number of fused-ring (bicyclic) bond motifs is 3. The summed E-state index contributed by atoms with van der Waals surface area (Å²) in [4.78, 5) is 0. The summed E-state index contributed by atoms with van der Waals surface area (Å²) >= 11 is 0. The summed E-state index contributed by atoms with van der Waals surface area (Å²) < 4.78 is 17.3. The van der Waals surface area contributed by atoms with E-state index in [4.69, 9.17) is 19.3 Å². The fourth-order valence-corrected chi connectivity index (χ4v) is 4.42. The van der Waals surface area contributed by atoms with Crippen LogP contribution in [0.3, 0.4) is 0 Å². The first-order valence-electron chi connectivity index (χ1n) is 11.0. The number of hydrogen-bond acceptors (Lipinski definition) is 5. The summed E-state index contributed by atoms with van der Waals surface area (Å²) in [7, 11) is 3.37. The molecule has 0 aromatic heterocycles. The number of rotatable bonds is 5. The maximum Gasteiger partial charge on any atom is 0.213 e. The molecular weight excluding hydrogens is 400 g/mol. The van der Waals surface area contributed by atoms with Gasteiger partial charge in [0, 0.05) is 17.5 Å². The number of hydrogen-bond donors (Lipinski definition) is 0.